The van der Waals surface area contributed by atoms with Crippen LogP contribution in [0.15, 0.2) is 28.7 Å². The number of likely N-dealkylation sites (tertiary alicyclic amines) is 1. The molecule has 1 fully saturated rings. The van der Waals surface area contributed by atoms with Gasteiger partial charge in [0.2, 0.25) is 5.91 Å². The fourth-order valence-electron chi connectivity index (χ4n) is 2.75. The van der Waals surface area contributed by atoms with Crippen LogP contribution < -0.4 is 5.32 Å². The molecule has 0 atom stereocenters. The number of piperidine rings is 1. The summed E-state index contributed by atoms with van der Waals surface area (Å²) in [4.78, 5) is 14.3. The summed E-state index contributed by atoms with van der Waals surface area (Å²) in [5.41, 5.74) is 1.08. The summed E-state index contributed by atoms with van der Waals surface area (Å²) in [5, 5.41) is 3.20. The molecule has 1 heterocycles. The van der Waals surface area contributed by atoms with Crippen LogP contribution in [-0.4, -0.2) is 37.5 Å². The molecule has 0 unspecified atom stereocenters. The van der Waals surface area contributed by atoms with Crippen molar-refractivity contribution in [2.75, 3.05) is 26.7 Å². The Kier molecular flexibility index (Phi) is 8.30. The SMILES string of the molecule is CNCCC1CCN(C(=O)Cc2cccc(Br)c2)CC1.Cl. The topological polar surface area (TPSA) is 32.3 Å². The zero-order valence-corrected chi connectivity index (χ0v) is 14.9. The Balaban J connectivity index is 0.00000220. The molecule has 3 nitrogen and oxygen atoms in total. The van der Waals surface area contributed by atoms with Gasteiger partial charge in [0.05, 0.1) is 6.42 Å². The summed E-state index contributed by atoms with van der Waals surface area (Å²) in [7, 11) is 2.00. The van der Waals surface area contributed by atoms with E-state index in [-0.39, 0.29) is 18.3 Å². The second-order valence-corrected chi connectivity index (χ2v) is 6.44. The van der Waals surface area contributed by atoms with Gasteiger partial charge in [-0.1, -0.05) is 28.1 Å². The molecule has 0 aliphatic carbocycles. The summed E-state index contributed by atoms with van der Waals surface area (Å²) in [6.07, 6.45) is 4.03. The van der Waals surface area contributed by atoms with Crippen LogP contribution in [0.5, 0.6) is 0 Å². The van der Waals surface area contributed by atoms with Gasteiger partial charge >= 0.3 is 0 Å². The quantitative estimate of drug-likeness (QED) is 0.856. The van der Waals surface area contributed by atoms with E-state index in [0.717, 1.165) is 48.4 Å². The molecule has 5 heteroatoms. The number of halogens is 2. The van der Waals surface area contributed by atoms with Crippen LogP contribution >= 0.6 is 28.3 Å². The predicted octanol–water partition coefficient (Wildman–Crippen LogP) is 3.26. The molecule has 1 aromatic rings. The summed E-state index contributed by atoms with van der Waals surface area (Å²) in [6.45, 7) is 2.92. The van der Waals surface area contributed by atoms with Gasteiger partial charge in [0.25, 0.3) is 0 Å². The molecule has 0 bridgehead atoms. The predicted molar refractivity (Wildman–Crippen MR) is 92.9 cm³/mol. The Morgan fingerprint density at radius 3 is 2.71 bits per heavy atom. The van der Waals surface area contributed by atoms with Crippen molar-refractivity contribution in [3.05, 3.63) is 34.3 Å². The first-order valence-electron chi connectivity index (χ1n) is 7.36. The molecular weight excluding hydrogens is 352 g/mol. The van der Waals surface area contributed by atoms with Gasteiger partial charge in [0.15, 0.2) is 0 Å². The van der Waals surface area contributed by atoms with Gasteiger partial charge in [0.1, 0.15) is 0 Å². The van der Waals surface area contributed by atoms with Crippen LogP contribution in [0.4, 0.5) is 0 Å². The highest BCUT2D eigenvalue weighted by Gasteiger charge is 2.22. The molecular formula is C16H24BrClN2O. The van der Waals surface area contributed by atoms with E-state index in [1.165, 1.54) is 6.42 Å². The summed E-state index contributed by atoms with van der Waals surface area (Å²) < 4.78 is 1.04. The first-order valence-corrected chi connectivity index (χ1v) is 8.15. The molecule has 118 valence electrons. The molecule has 0 spiro atoms. The number of amides is 1. The van der Waals surface area contributed by atoms with Crippen molar-refractivity contribution in [3.8, 4) is 0 Å². The Hall–Kier alpha value is -0.580. The number of carbonyl (C=O) groups is 1. The van der Waals surface area contributed by atoms with E-state index in [0.29, 0.717) is 6.42 Å². The van der Waals surface area contributed by atoms with Gasteiger partial charge in [-0.3, -0.25) is 4.79 Å². The minimum Gasteiger partial charge on any atom is -0.342 e. The first-order chi connectivity index (χ1) is 9.69. The van der Waals surface area contributed by atoms with Crippen LogP contribution in [0.2, 0.25) is 0 Å². The van der Waals surface area contributed by atoms with Crippen LogP contribution in [-0.2, 0) is 11.2 Å². The first kappa shape index (κ1) is 18.5. The number of carbonyl (C=O) groups excluding carboxylic acids is 1. The van der Waals surface area contributed by atoms with E-state index in [2.05, 4.69) is 21.2 Å². The smallest absolute Gasteiger partial charge is 0.226 e. The summed E-state index contributed by atoms with van der Waals surface area (Å²) >= 11 is 3.45. The highest BCUT2D eigenvalue weighted by molar-refractivity contribution is 9.10. The molecule has 1 aromatic carbocycles. The average Bonchev–Trinajstić information content (AvgIpc) is 2.45. The van der Waals surface area contributed by atoms with E-state index in [9.17, 15) is 4.79 Å². The van der Waals surface area contributed by atoms with Crippen LogP contribution in [0.25, 0.3) is 0 Å². The standard InChI is InChI=1S/C16H23BrN2O.ClH/c1-18-8-5-13-6-9-19(10-7-13)16(20)12-14-3-2-4-15(17)11-14;/h2-4,11,13,18H,5-10,12H2,1H3;1H. The van der Waals surface area contributed by atoms with Crippen molar-refractivity contribution in [1.29, 1.82) is 0 Å². The Morgan fingerprint density at radius 1 is 1.38 bits per heavy atom. The number of nitrogens with one attached hydrogen (secondary N) is 1. The van der Waals surface area contributed by atoms with Crippen molar-refractivity contribution in [2.45, 2.75) is 25.7 Å². The second kappa shape index (κ2) is 9.44. The van der Waals surface area contributed by atoms with E-state index in [1.54, 1.807) is 0 Å². The highest BCUT2D eigenvalue weighted by Crippen LogP contribution is 2.21. The van der Waals surface area contributed by atoms with E-state index in [4.69, 9.17) is 0 Å². The lowest BCUT2D eigenvalue weighted by Crippen LogP contribution is -2.39. The van der Waals surface area contributed by atoms with E-state index >= 15 is 0 Å². The Bertz CT molecular complexity index is 448. The molecule has 1 aliphatic rings. The monoisotopic (exact) mass is 374 g/mol. The minimum absolute atomic E-state index is 0. The lowest BCUT2D eigenvalue weighted by Gasteiger charge is -2.32. The Morgan fingerprint density at radius 2 is 2.10 bits per heavy atom. The number of hydrogen-bond acceptors (Lipinski definition) is 2. The van der Waals surface area contributed by atoms with Crippen molar-refractivity contribution in [1.82, 2.24) is 10.2 Å². The maximum atomic E-state index is 12.3. The van der Waals surface area contributed by atoms with Crippen molar-refractivity contribution < 1.29 is 4.79 Å². The van der Waals surface area contributed by atoms with Gasteiger partial charge in [-0.05, 0) is 56.5 Å². The Labute approximate surface area is 142 Å². The van der Waals surface area contributed by atoms with E-state index < -0.39 is 0 Å². The second-order valence-electron chi connectivity index (χ2n) is 5.52. The third-order valence-corrected chi connectivity index (χ3v) is 4.51. The minimum atomic E-state index is 0. The number of rotatable bonds is 5. The number of nitrogens with zero attached hydrogens (tertiary/aromatic N) is 1. The van der Waals surface area contributed by atoms with Crippen molar-refractivity contribution >= 4 is 34.2 Å². The van der Waals surface area contributed by atoms with Crippen LogP contribution in [0.1, 0.15) is 24.8 Å². The number of benzene rings is 1. The molecule has 0 aromatic heterocycles. The fourth-order valence-corrected chi connectivity index (χ4v) is 3.20. The van der Waals surface area contributed by atoms with Gasteiger partial charge in [0, 0.05) is 17.6 Å². The van der Waals surface area contributed by atoms with Gasteiger partial charge in [-0.2, -0.15) is 0 Å². The largest absolute Gasteiger partial charge is 0.342 e. The summed E-state index contributed by atoms with van der Waals surface area (Å²) in [5.74, 6) is 1.03. The lowest BCUT2D eigenvalue weighted by molar-refractivity contribution is -0.131. The molecule has 1 aliphatic heterocycles. The highest BCUT2D eigenvalue weighted by atomic mass is 79.9. The molecule has 2 rings (SSSR count). The maximum absolute atomic E-state index is 12.3. The van der Waals surface area contributed by atoms with Gasteiger partial charge in [-0.25, -0.2) is 0 Å². The molecule has 0 saturated carbocycles. The summed E-state index contributed by atoms with van der Waals surface area (Å²) in [6, 6.07) is 8.01. The molecule has 0 radical (unpaired) electrons. The zero-order valence-electron chi connectivity index (χ0n) is 12.5. The van der Waals surface area contributed by atoms with Crippen LogP contribution in [0, 0.1) is 5.92 Å². The van der Waals surface area contributed by atoms with Crippen molar-refractivity contribution in [3.63, 3.8) is 0 Å². The fraction of sp³-hybridized carbons (Fsp3) is 0.562. The molecule has 1 N–H and O–H groups in total. The van der Waals surface area contributed by atoms with Gasteiger partial charge < -0.3 is 10.2 Å². The normalized spacial score (nSPS) is 15.6. The zero-order chi connectivity index (χ0) is 14.4. The third-order valence-electron chi connectivity index (χ3n) is 4.01. The molecule has 1 amide bonds. The average molecular weight is 376 g/mol. The lowest BCUT2D eigenvalue weighted by atomic mass is 9.93. The van der Waals surface area contributed by atoms with E-state index in [1.807, 2.05) is 36.2 Å². The van der Waals surface area contributed by atoms with Gasteiger partial charge in [-0.15, -0.1) is 12.4 Å². The third kappa shape index (κ3) is 5.97. The molecule has 1 saturated heterocycles. The maximum Gasteiger partial charge on any atom is 0.226 e. The molecule has 21 heavy (non-hydrogen) atoms. The number of hydrogen-bond donors (Lipinski definition) is 1. The van der Waals surface area contributed by atoms with Crippen LogP contribution in [0.3, 0.4) is 0 Å². The van der Waals surface area contributed by atoms with Crippen molar-refractivity contribution in [2.24, 2.45) is 5.92 Å².